The third kappa shape index (κ3) is 6.97. The molecule has 0 bridgehead atoms. The van der Waals surface area contributed by atoms with Crippen molar-refractivity contribution in [1.82, 2.24) is 0 Å². The number of aliphatic hydroxyl groups is 1. The van der Waals surface area contributed by atoms with Crippen LogP contribution in [-0.4, -0.2) is 52.5 Å². The van der Waals surface area contributed by atoms with Crippen LogP contribution in [0, 0.1) is 0 Å². The highest BCUT2D eigenvalue weighted by Crippen LogP contribution is 2.38. The van der Waals surface area contributed by atoms with Crippen molar-refractivity contribution < 1.29 is 33.7 Å². The quantitative estimate of drug-likeness (QED) is 0.281. The molecule has 7 nitrogen and oxygen atoms in total. The van der Waals surface area contributed by atoms with Gasteiger partial charge in [0.05, 0.1) is 21.9 Å². The van der Waals surface area contributed by atoms with Gasteiger partial charge in [-0.05, 0) is 72.8 Å². The first kappa shape index (κ1) is 27.3. The summed E-state index contributed by atoms with van der Waals surface area (Å²) in [7, 11) is 0. The lowest BCUT2D eigenvalue weighted by molar-refractivity contribution is -0.0557. The number of ether oxygens (including phenoxy) is 3. The van der Waals surface area contributed by atoms with E-state index in [1.807, 2.05) is 0 Å². The summed E-state index contributed by atoms with van der Waals surface area (Å²) in [5, 5.41) is 11.3. The molecular formula is C26H19Cl3O7S. The highest BCUT2D eigenvalue weighted by Gasteiger charge is 2.49. The molecule has 0 aromatic heterocycles. The Morgan fingerprint density at radius 2 is 1.03 bits per heavy atom. The van der Waals surface area contributed by atoms with Gasteiger partial charge in [-0.15, -0.1) is 11.8 Å². The second-order valence-electron chi connectivity index (χ2n) is 7.92. The maximum atomic E-state index is 12.9. The Hall–Kier alpha value is -2.75. The van der Waals surface area contributed by atoms with Crippen LogP contribution in [0.25, 0.3) is 0 Å². The van der Waals surface area contributed by atoms with Gasteiger partial charge in [0, 0.05) is 15.1 Å². The third-order valence-corrected chi connectivity index (χ3v) is 7.45. The smallest absolute Gasteiger partial charge is 0.338 e. The van der Waals surface area contributed by atoms with E-state index in [0.717, 1.165) is 11.8 Å². The Labute approximate surface area is 231 Å². The van der Waals surface area contributed by atoms with E-state index in [4.69, 9.17) is 49.0 Å². The summed E-state index contributed by atoms with van der Waals surface area (Å²) < 4.78 is 16.6. The molecule has 0 aliphatic carbocycles. The number of benzene rings is 3. The summed E-state index contributed by atoms with van der Waals surface area (Å²) in [6.45, 7) is -0.225. The van der Waals surface area contributed by atoms with Crippen molar-refractivity contribution in [2.75, 3.05) is 6.61 Å². The molecule has 3 aromatic carbocycles. The van der Waals surface area contributed by atoms with Crippen molar-refractivity contribution in [3.8, 4) is 0 Å². The van der Waals surface area contributed by atoms with Crippen molar-refractivity contribution in [3.05, 3.63) is 105 Å². The van der Waals surface area contributed by atoms with Gasteiger partial charge in [-0.25, -0.2) is 14.4 Å². The van der Waals surface area contributed by atoms with E-state index in [1.54, 1.807) is 12.1 Å². The van der Waals surface area contributed by atoms with Gasteiger partial charge in [0.1, 0.15) is 12.0 Å². The van der Waals surface area contributed by atoms with Gasteiger partial charge >= 0.3 is 17.9 Å². The number of rotatable bonds is 7. The van der Waals surface area contributed by atoms with Gasteiger partial charge in [-0.3, -0.25) is 0 Å². The van der Waals surface area contributed by atoms with Crippen molar-refractivity contribution >= 4 is 64.5 Å². The molecule has 1 aliphatic heterocycles. The summed E-state index contributed by atoms with van der Waals surface area (Å²) >= 11 is 18.6. The first-order valence-corrected chi connectivity index (χ1v) is 13.0. The zero-order valence-corrected chi connectivity index (χ0v) is 22.0. The Morgan fingerprint density at radius 3 is 1.46 bits per heavy atom. The first-order valence-electron chi connectivity index (χ1n) is 10.9. The molecule has 4 rings (SSSR count). The number of thioether (sulfide) groups is 1. The monoisotopic (exact) mass is 580 g/mol. The molecule has 3 aromatic rings. The standard InChI is InChI=1S/C26H19Cl3O7S/c27-17-7-1-14(2-8-17)23(30)34-13-20-21(35-24(31)15-3-9-18(28)10-4-15)22(26(33)37-20)36-25(32)16-5-11-19(29)12-6-16/h1-12,20-22,26,33H,13H2/t20-,21+,22-,26?/m0/s1. The average Bonchev–Trinajstić information content (AvgIpc) is 3.17. The first-order chi connectivity index (χ1) is 17.7. The molecule has 1 heterocycles. The van der Waals surface area contributed by atoms with Crippen LogP contribution in [0.2, 0.25) is 15.1 Å². The van der Waals surface area contributed by atoms with E-state index in [-0.39, 0.29) is 23.3 Å². The van der Waals surface area contributed by atoms with E-state index in [2.05, 4.69) is 0 Å². The SMILES string of the molecule is O=C(OC[C@@H]1SC(O)[C@@H](OC(=O)c2ccc(Cl)cc2)[C@@H]1OC(=O)c1ccc(Cl)cc1)c1ccc(Cl)cc1. The van der Waals surface area contributed by atoms with E-state index < -0.39 is 40.8 Å². The fraction of sp³-hybridized carbons (Fsp3) is 0.192. The summed E-state index contributed by atoms with van der Waals surface area (Å²) in [6.07, 6.45) is -2.36. The fourth-order valence-electron chi connectivity index (χ4n) is 3.49. The molecule has 0 radical (unpaired) electrons. The van der Waals surface area contributed by atoms with Gasteiger partial charge in [0.2, 0.25) is 0 Å². The van der Waals surface area contributed by atoms with E-state index in [9.17, 15) is 19.5 Å². The molecule has 0 saturated carbocycles. The lowest BCUT2D eigenvalue weighted by atomic mass is 10.1. The predicted octanol–water partition coefficient (Wildman–Crippen LogP) is 5.69. The molecule has 1 N–H and O–H groups in total. The van der Waals surface area contributed by atoms with Crippen LogP contribution in [0.3, 0.4) is 0 Å². The largest absolute Gasteiger partial charge is 0.461 e. The van der Waals surface area contributed by atoms with Crippen molar-refractivity contribution in [1.29, 1.82) is 0 Å². The van der Waals surface area contributed by atoms with Crippen LogP contribution >= 0.6 is 46.6 Å². The minimum atomic E-state index is -1.25. The maximum absolute atomic E-state index is 12.9. The number of carbonyl (C=O) groups is 3. The number of esters is 3. The third-order valence-electron chi connectivity index (χ3n) is 5.39. The predicted molar refractivity (Wildman–Crippen MR) is 140 cm³/mol. The summed E-state index contributed by atoms with van der Waals surface area (Å²) in [6, 6.07) is 18.1. The second kappa shape index (κ2) is 12.2. The molecule has 0 spiro atoms. The van der Waals surface area contributed by atoms with Gasteiger partial charge in [-0.2, -0.15) is 0 Å². The molecule has 0 amide bonds. The van der Waals surface area contributed by atoms with Crippen LogP contribution in [-0.2, 0) is 14.2 Å². The number of aliphatic hydroxyl groups excluding tert-OH is 1. The average molecular weight is 582 g/mol. The van der Waals surface area contributed by atoms with Crippen LogP contribution in [0.15, 0.2) is 72.8 Å². The summed E-state index contributed by atoms with van der Waals surface area (Å²) in [5.41, 5.74) is -0.579. The molecule has 1 fully saturated rings. The van der Waals surface area contributed by atoms with Gasteiger partial charge in [-0.1, -0.05) is 34.8 Å². The van der Waals surface area contributed by atoms with Crippen molar-refractivity contribution in [2.45, 2.75) is 22.9 Å². The molecule has 1 unspecified atom stereocenters. The van der Waals surface area contributed by atoms with Crippen molar-refractivity contribution in [2.24, 2.45) is 0 Å². The van der Waals surface area contributed by atoms with E-state index in [1.165, 1.54) is 60.7 Å². The van der Waals surface area contributed by atoms with Crippen LogP contribution in [0.5, 0.6) is 0 Å². The maximum Gasteiger partial charge on any atom is 0.338 e. The van der Waals surface area contributed by atoms with Gasteiger partial charge in [0.15, 0.2) is 12.2 Å². The number of halogens is 3. The van der Waals surface area contributed by atoms with E-state index >= 15 is 0 Å². The lowest BCUT2D eigenvalue weighted by Gasteiger charge is -2.24. The van der Waals surface area contributed by atoms with Crippen LogP contribution in [0.4, 0.5) is 0 Å². The molecular weight excluding hydrogens is 563 g/mol. The Bertz CT molecular complexity index is 1270. The van der Waals surface area contributed by atoms with Crippen molar-refractivity contribution in [3.63, 3.8) is 0 Å². The zero-order valence-electron chi connectivity index (χ0n) is 18.9. The van der Waals surface area contributed by atoms with Crippen LogP contribution < -0.4 is 0 Å². The molecule has 11 heteroatoms. The number of hydrogen-bond donors (Lipinski definition) is 1. The Kier molecular flexibility index (Phi) is 9.00. The molecule has 192 valence electrons. The summed E-state index contributed by atoms with van der Waals surface area (Å²) in [5.74, 6) is -2.10. The van der Waals surface area contributed by atoms with Crippen LogP contribution in [0.1, 0.15) is 31.1 Å². The molecule has 4 atom stereocenters. The van der Waals surface area contributed by atoms with Gasteiger partial charge < -0.3 is 19.3 Å². The lowest BCUT2D eigenvalue weighted by Crippen LogP contribution is -2.41. The normalized spacial score (nSPS) is 20.8. The van der Waals surface area contributed by atoms with E-state index in [0.29, 0.717) is 15.1 Å². The molecule has 1 saturated heterocycles. The number of hydrogen-bond acceptors (Lipinski definition) is 8. The summed E-state index contributed by atoms with van der Waals surface area (Å²) in [4.78, 5) is 38.1. The minimum absolute atomic E-state index is 0.196. The zero-order chi connectivity index (χ0) is 26.5. The highest BCUT2D eigenvalue weighted by molar-refractivity contribution is 8.00. The number of carbonyl (C=O) groups excluding carboxylic acids is 3. The highest BCUT2D eigenvalue weighted by atomic mass is 35.5. The van der Waals surface area contributed by atoms with Gasteiger partial charge in [0.25, 0.3) is 0 Å². The second-order valence-corrected chi connectivity index (χ2v) is 10.6. The Morgan fingerprint density at radius 1 is 0.649 bits per heavy atom. The molecule has 37 heavy (non-hydrogen) atoms. The molecule has 1 aliphatic rings. The Balaban J connectivity index is 1.52. The minimum Gasteiger partial charge on any atom is -0.461 e. The topological polar surface area (TPSA) is 99.1 Å². The fourth-order valence-corrected chi connectivity index (χ4v) is 5.11.